The molecule has 0 bridgehead atoms. The van der Waals surface area contributed by atoms with E-state index >= 15 is 5.25 Å². The Bertz CT molecular complexity index is 1020. The molecule has 0 aromatic heterocycles. The number of halogens is 2. The molecular formula is C24H26F2Zr. The maximum absolute atomic E-state index is 17.1. The van der Waals surface area contributed by atoms with Gasteiger partial charge >= 0.3 is 163 Å². The van der Waals surface area contributed by atoms with Crippen LogP contribution in [0.5, 0.6) is 0 Å². The van der Waals surface area contributed by atoms with Crippen LogP contribution < -0.4 is 0 Å². The first-order valence-corrected chi connectivity index (χ1v) is 15.7. The monoisotopic (exact) mass is 442 g/mol. The summed E-state index contributed by atoms with van der Waals surface area (Å²) < 4.78 is 34.2. The second-order valence-corrected chi connectivity index (χ2v) is 18.6. The zero-order valence-corrected chi connectivity index (χ0v) is 19.1. The van der Waals surface area contributed by atoms with Crippen LogP contribution in [0, 0.1) is 13.8 Å². The number of allylic oxidation sites excluding steroid dienone is 2. The predicted molar refractivity (Wildman–Crippen MR) is 109 cm³/mol. The molecular weight excluding hydrogens is 417 g/mol. The summed E-state index contributed by atoms with van der Waals surface area (Å²) >= 11 is -6.43. The number of benzene rings is 2. The molecule has 2 aliphatic rings. The summed E-state index contributed by atoms with van der Waals surface area (Å²) in [6, 6.07) is 11.7. The fourth-order valence-electron chi connectivity index (χ4n) is 5.38. The third-order valence-corrected chi connectivity index (χ3v) is 18.5. The van der Waals surface area contributed by atoms with Gasteiger partial charge in [-0.15, -0.1) is 0 Å². The van der Waals surface area contributed by atoms with Crippen molar-refractivity contribution >= 4 is 15.9 Å². The first-order valence-electron chi connectivity index (χ1n) is 9.62. The third kappa shape index (κ3) is 2.50. The van der Waals surface area contributed by atoms with Crippen molar-refractivity contribution in [2.45, 2.75) is 41.9 Å². The minimum atomic E-state index is -6.43. The van der Waals surface area contributed by atoms with Crippen LogP contribution in [0.15, 0.2) is 47.5 Å². The Balaban J connectivity index is 2.01. The quantitative estimate of drug-likeness (QED) is 0.460. The first kappa shape index (κ1) is 18.9. The number of hydrogen-bond acceptors (Lipinski definition) is 0. The fraction of sp³-hybridized carbons (Fsp3) is 0.292. The molecule has 0 spiro atoms. The number of fused-ring (bicyclic) bond motifs is 2. The van der Waals surface area contributed by atoms with Gasteiger partial charge in [0.2, 0.25) is 0 Å². The van der Waals surface area contributed by atoms with Gasteiger partial charge in [0.25, 0.3) is 0 Å². The van der Waals surface area contributed by atoms with Gasteiger partial charge in [-0.05, 0) is 0 Å². The SMILES string of the molecule is C[CH]=[Zr]([F])([F])([CH]1C(C)=Cc2c(C)cccc21)[CH]1C(C)=Cc2c(C)cccc21. The summed E-state index contributed by atoms with van der Waals surface area (Å²) in [5, 5.41) is 0. The van der Waals surface area contributed by atoms with Crippen molar-refractivity contribution in [1.82, 2.24) is 0 Å². The van der Waals surface area contributed by atoms with Crippen molar-refractivity contribution in [3.63, 3.8) is 0 Å². The normalized spacial score (nSPS) is 21.5. The second kappa shape index (κ2) is 6.01. The molecule has 0 radical (unpaired) electrons. The topological polar surface area (TPSA) is 0 Å². The molecule has 2 aromatic rings. The van der Waals surface area contributed by atoms with Gasteiger partial charge in [-0.1, -0.05) is 0 Å². The molecule has 2 aliphatic carbocycles. The average Bonchev–Trinajstić information content (AvgIpc) is 3.14. The van der Waals surface area contributed by atoms with Gasteiger partial charge in [0.15, 0.2) is 0 Å². The van der Waals surface area contributed by atoms with Crippen LogP contribution in [0.2, 0.25) is 0 Å². The van der Waals surface area contributed by atoms with Crippen molar-refractivity contribution in [3.05, 3.63) is 80.9 Å². The van der Waals surface area contributed by atoms with Gasteiger partial charge < -0.3 is 0 Å². The minimum absolute atomic E-state index is 0.744. The van der Waals surface area contributed by atoms with E-state index in [2.05, 4.69) is 0 Å². The molecule has 2 unspecified atom stereocenters. The summed E-state index contributed by atoms with van der Waals surface area (Å²) in [4.78, 5) is 0. The van der Waals surface area contributed by atoms with E-state index in [1.165, 1.54) is 3.71 Å². The molecule has 3 heteroatoms. The third-order valence-electron chi connectivity index (χ3n) is 6.65. The summed E-state index contributed by atoms with van der Waals surface area (Å²) in [5.41, 5.74) is 7.47. The standard InChI is InChI=1S/2C11H11.C2H4.2FH.Zr/c2*1-8-6-10-5-3-4-9(2)11(10)7-8;1-2;;;/h2*3-7H,1-2H3;1H,2H3;2*1H;/q;;;;;+2/p-2. The Morgan fingerprint density at radius 2 is 1.15 bits per heavy atom. The van der Waals surface area contributed by atoms with Gasteiger partial charge in [-0.3, -0.25) is 0 Å². The maximum atomic E-state index is 17.1. The molecule has 0 saturated heterocycles. The van der Waals surface area contributed by atoms with Crippen molar-refractivity contribution < 1.29 is 24.8 Å². The van der Waals surface area contributed by atoms with E-state index in [0.717, 1.165) is 44.5 Å². The van der Waals surface area contributed by atoms with E-state index in [1.54, 1.807) is 6.92 Å². The Morgan fingerprint density at radius 1 is 0.741 bits per heavy atom. The molecule has 0 N–H and O–H groups in total. The first-order chi connectivity index (χ1) is 12.7. The van der Waals surface area contributed by atoms with Gasteiger partial charge in [0, 0.05) is 0 Å². The molecule has 0 heterocycles. The summed E-state index contributed by atoms with van der Waals surface area (Å²) in [7, 11) is 0. The Labute approximate surface area is 163 Å². The van der Waals surface area contributed by atoms with E-state index in [0.29, 0.717) is 0 Å². The molecule has 140 valence electrons. The van der Waals surface area contributed by atoms with Crippen molar-refractivity contribution in [1.29, 1.82) is 0 Å². The van der Waals surface area contributed by atoms with Gasteiger partial charge in [-0.25, -0.2) is 0 Å². The summed E-state index contributed by atoms with van der Waals surface area (Å²) in [6.07, 6.45) is 3.99. The van der Waals surface area contributed by atoms with Crippen LogP contribution in [-0.2, 0) is 19.5 Å². The van der Waals surface area contributed by atoms with Crippen LogP contribution >= 0.6 is 0 Å². The fourth-order valence-corrected chi connectivity index (χ4v) is 16.7. The van der Waals surface area contributed by atoms with Crippen LogP contribution in [0.3, 0.4) is 0 Å². The molecule has 2 aromatic carbocycles. The number of aryl methyl sites for hydroxylation is 2. The molecule has 0 fully saturated rings. The predicted octanol–water partition coefficient (Wildman–Crippen LogP) is 7.20. The van der Waals surface area contributed by atoms with Crippen molar-refractivity contribution in [2.75, 3.05) is 0 Å². The summed E-state index contributed by atoms with van der Waals surface area (Å²) in [5.74, 6) is 0. The Hall–Kier alpha value is -1.47. The van der Waals surface area contributed by atoms with Crippen LogP contribution in [0.25, 0.3) is 12.2 Å². The van der Waals surface area contributed by atoms with E-state index in [1.807, 2.05) is 76.2 Å². The zero-order chi connectivity index (χ0) is 19.6. The molecule has 0 aliphatic heterocycles. The van der Waals surface area contributed by atoms with Gasteiger partial charge in [0.1, 0.15) is 0 Å². The molecule has 27 heavy (non-hydrogen) atoms. The Morgan fingerprint density at radius 3 is 1.52 bits per heavy atom. The second-order valence-electron chi connectivity index (χ2n) is 8.31. The zero-order valence-electron chi connectivity index (χ0n) is 16.6. The van der Waals surface area contributed by atoms with Gasteiger partial charge in [-0.2, -0.15) is 0 Å². The van der Waals surface area contributed by atoms with E-state index in [9.17, 15) is 0 Å². The summed E-state index contributed by atoms with van der Waals surface area (Å²) in [6.45, 7) is 9.42. The van der Waals surface area contributed by atoms with Crippen molar-refractivity contribution in [3.8, 4) is 0 Å². The van der Waals surface area contributed by atoms with Crippen LogP contribution in [-0.4, -0.2) is 3.71 Å². The molecule has 2 atom stereocenters. The number of hydrogen-bond donors (Lipinski definition) is 0. The molecule has 0 amide bonds. The van der Waals surface area contributed by atoms with Crippen LogP contribution in [0.1, 0.15) is 61.4 Å². The molecule has 0 saturated carbocycles. The molecule has 4 rings (SSSR count). The van der Waals surface area contributed by atoms with E-state index in [4.69, 9.17) is 0 Å². The van der Waals surface area contributed by atoms with Gasteiger partial charge in [0.05, 0.1) is 0 Å². The number of rotatable bonds is 2. The van der Waals surface area contributed by atoms with E-state index < -0.39 is 26.8 Å². The van der Waals surface area contributed by atoms with E-state index in [-0.39, 0.29) is 0 Å². The molecule has 0 nitrogen and oxygen atoms in total. The Kier molecular flexibility index (Phi) is 4.20. The van der Waals surface area contributed by atoms with Crippen LogP contribution in [0.4, 0.5) is 5.25 Å². The van der Waals surface area contributed by atoms with Crippen molar-refractivity contribution in [2.24, 2.45) is 0 Å². The average molecular weight is 444 g/mol.